The number of carbonyl (C=O) groups is 2. The van der Waals surface area contributed by atoms with Crippen molar-refractivity contribution in [3.8, 4) is 11.5 Å². The van der Waals surface area contributed by atoms with Crippen molar-refractivity contribution in [2.75, 3.05) is 6.61 Å². The van der Waals surface area contributed by atoms with Gasteiger partial charge in [0.15, 0.2) is 11.5 Å². The van der Waals surface area contributed by atoms with Crippen molar-refractivity contribution in [1.29, 1.82) is 0 Å². The second-order valence-electron chi connectivity index (χ2n) is 7.67. The van der Waals surface area contributed by atoms with E-state index >= 15 is 0 Å². The molecule has 0 saturated carbocycles. The third kappa shape index (κ3) is 6.09. The smallest absolute Gasteiger partial charge is 0.329 e. The van der Waals surface area contributed by atoms with Crippen LogP contribution in [0.2, 0.25) is 10.0 Å². The van der Waals surface area contributed by atoms with Gasteiger partial charge >= 0.3 is 6.03 Å². The van der Waals surface area contributed by atoms with E-state index in [1.165, 1.54) is 4.90 Å². The number of nitrogens with zero attached hydrogens (tertiary/aromatic N) is 1. The fourth-order valence-corrected chi connectivity index (χ4v) is 4.61. The molecule has 9 heteroatoms. The Kier molecular flexibility index (Phi) is 8.20. The summed E-state index contributed by atoms with van der Waals surface area (Å²) in [4.78, 5) is 26.5. The van der Waals surface area contributed by atoms with Crippen LogP contribution in [0.15, 0.2) is 66.4 Å². The van der Waals surface area contributed by atoms with Crippen molar-refractivity contribution in [2.24, 2.45) is 0 Å². The Morgan fingerprint density at radius 2 is 1.74 bits per heavy atom. The Balaban J connectivity index is 1.55. The number of imide groups is 1. The lowest BCUT2D eigenvalue weighted by Crippen LogP contribution is -2.30. The van der Waals surface area contributed by atoms with Crippen molar-refractivity contribution in [1.82, 2.24) is 10.2 Å². The van der Waals surface area contributed by atoms with E-state index in [9.17, 15) is 9.59 Å². The number of halogens is 3. The molecule has 1 heterocycles. The summed E-state index contributed by atoms with van der Waals surface area (Å²) in [7, 11) is 0. The summed E-state index contributed by atoms with van der Waals surface area (Å²) in [6, 6.07) is 17.9. The highest BCUT2D eigenvalue weighted by Crippen LogP contribution is 2.36. The fraction of sp³-hybridized carbons (Fsp3) is 0.154. The lowest BCUT2D eigenvalue weighted by molar-refractivity contribution is -0.123. The molecule has 1 N–H and O–H groups in total. The molecule has 180 valence electrons. The van der Waals surface area contributed by atoms with E-state index in [-0.39, 0.29) is 24.8 Å². The molecule has 0 atom stereocenters. The molecule has 0 radical (unpaired) electrons. The van der Waals surface area contributed by atoms with E-state index in [4.69, 9.17) is 32.7 Å². The molecule has 35 heavy (non-hydrogen) atoms. The first-order valence-corrected chi connectivity index (χ1v) is 12.6. The van der Waals surface area contributed by atoms with Gasteiger partial charge in [0.2, 0.25) is 0 Å². The highest BCUT2D eigenvalue weighted by molar-refractivity contribution is 14.1. The monoisotopic (exact) mass is 622 g/mol. The Hall–Kier alpha value is -2.75. The molecule has 1 aliphatic rings. The van der Waals surface area contributed by atoms with Crippen LogP contribution in [-0.2, 0) is 17.9 Å². The summed E-state index contributed by atoms with van der Waals surface area (Å²) in [5.74, 6) is 0.726. The minimum absolute atomic E-state index is 0.200. The van der Waals surface area contributed by atoms with Gasteiger partial charge in [0, 0.05) is 0 Å². The maximum absolute atomic E-state index is 12.9. The minimum atomic E-state index is -0.452. The standard InChI is InChI=1S/C26H21Cl2IN2O4/c1-2-34-23-13-18(11-21(29)24(23)35-15-17-8-9-19(27)20(28)10-17)12-22-25(32)31(26(33)30-22)14-16-6-4-3-5-7-16/h3-13H,2,14-15H2,1H3,(H,30,33)/b22-12+. The van der Waals surface area contributed by atoms with Gasteiger partial charge < -0.3 is 14.8 Å². The van der Waals surface area contributed by atoms with Gasteiger partial charge in [-0.05, 0) is 76.5 Å². The van der Waals surface area contributed by atoms with Crippen LogP contribution >= 0.6 is 45.8 Å². The average molecular weight is 623 g/mol. The lowest BCUT2D eigenvalue weighted by atomic mass is 10.1. The summed E-state index contributed by atoms with van der Waals surface area (Å²) in [6.45, 7) is 2.78. The third-order valence-electron chi connectivity index (χ3n) is 5.16. The summed E-state index contributed by atoms with van der Waals surface area (Å²) in [6.07, 6.45) is 1.64. The molecule has 1 saturated heterocycles. The zero-order chi connectivity index (χ0) is 24.9. The molecule has 0 bridgehead atoms. The molecule has 4 rings (SSSR count). The van der Waals surface area contributed by atoms with Gasteiger partial charge in [-0.1, -0.05) is 59.6 Å². The number of hydrogen-bond acceptors (Lipinski definition) is 4. The molecule has 1 fully saturated rings. The molecule has 3 aromatic rings. The summed E-state index contributed by atoms with van der Waals surface area (Å²) < 4.78 is 12.7. The fourth-order valence-electron chi connectivity index (χ4n) is 3.51. The first-order chi connectivity index (χ1) is 16.9. The number of amides is 3. The summed E-state index contributed by atoms with van der Waals surface area (Å²) >= 11 is 14.3. The predicted octanol–water partition coefficient (Wildman–Crippen LogP) is 6.67. The number of nitrogens with one attached hydrogen (secondary N) is 1. The first-order valence-electron chi connectivity index (χ1n) is 10.8. The number of carbonyl (C=O) groups excluding carboxylic acids is 2. The van der Waals surface area contributed by atoms with Gasteiger partial charge in [0.25, 0.3) is 5.91 Å². The molecule has 1 aliphatic heterocycles. The topological polar surface area (TPSA) is 67.9 Å². The van der Waals surface area contributed by atoms with Crippen LogP contribution in [0.25, 0.3) is 6.08 Å². The molecule has 0 unspecified atom stereocenters. The SMILES string of the molecule is CCOc1cc(/C=C2/NC(=O)N(Cc3ccccc3)C2=O)cc(I)c1OCc1ccc(Cl)c(Cl)c1. The van der Waals surface area contributed by atoms with Crippen LogP contribution in [0.5, 0.6) is 11.5 Å². The number of benzene rings is 3. The molecule has 0 spiro atoms. The van der Waals surface area contributed by atoms with E-state index in [1.54, 1.807) is 24.3 Å². The van der Waals surface area contributed by atoms with Crippen molar-refractivity contribution < 1.29 is 19.1 Å². The number of hydrogen-bond donors (Lipinski definition) is 1. The van der Waals surface area contributed by atoms with Crippen LogP contribution in [-0.4, -0.2) is 23.4 Å². The maximum Gasteiger partial charge on any atom is 0.329 e. The van der Waals surface area contributed by atoms with Crippen LogP contribution in [0.4, 0.5) is 4.79 Å². The van der Waals surface area contributed by atoms with E-state index < -0.39 is 6.03 Å². The van der Waals surface area contributed by atoms with Crippen molar-refractivity contribution in [2.45, 2.75) is 20.1 Å². The highest BCUT2D eigenvalue weighted by Gasteiger charge is 2.33. The van der Waals surface area contributed by atoms with Crippen LogP contribution < -0.4 is 14.8 Å². The van der Waals surface area contributed by atoms with Crippen molar-refractivity contribution in [3.05, 3.63) is 96.7 Å². The van der Waals surface area contributed by atoms with Crippen molar-refractivity contribution in [3.63, 3.8) is 0 Å². The maximum atomic E-state index is 12.9. The van der Waals surface area contributed by atoms with Crippen LogP contribution in [0.1, 0.15) is 23.6 Å². The van der Waals surface area contributed by atoms with Gasteiger partial charge in [-0.15, -0.1) is 0 Å². The molecule has 0 aromatic heterocycles. The molecule has 0 aliphatic carbocycles. The Morgan fingerprint density at radius 1 is 0.971 bits per heavy atom. The average Bonchev–Trinajstić information content (AvgIpc) is 3.09. The van der Waals surface area contributed by atoms with E-state index in [0.717, 1.165) is 14.7 Å². The normalized spacial score (nSPS) is 14.4. The Morgan fingerprint density at radius 3 is 2.46 bits per heavy atom. The third-order valence-corrected chi connectivity index (χ3v) is 6.70. The first kappa shape index (κ1) is 25.3. The van der Waals surface area contributed by atoms with E-state index in [1.807, 2.05) is 49.4 Å². The molecule has 6 nitrogen and oxygen atoms in total. The molecule has 3 aromatic carbocycles. The van der Waals surface area contributed by atoms with Crippen LogP contribution in [0.3, 0.4) is 0 Å². The van der Waals surface area contributed by atoms with Crippen LogP contribution in [0, 0.1) is 3.57 Å². The number of ether oxygens (including phenoxy) is 2. The highest BCUT2D eigenvalue weighted by atomic mass is 127. The largest absolute Gasteiger partial charge is 0.490 e. The van der Waals surface area contributed by atoms with Gasteiger partial charge in [-0.25, -0.2) is 4.79 Å². The molecule has 3 amide bonds. The van der Waals surface area contributed by atoms with E-state index in [0.29, 0.717) is 33.7 Å². The van der Waals surface area contributed by atoms with Gasteiger partial charge in [-0.3, -0.25) is 9.69 Å². The lowest BCUT2D eigenvalue weighted by Gasteiger charge is -2.15. The second kappa shape index (κ2) is 11.3. The van der Waals surface area contributed by atoms with Gasteiger partial charge in [-0.2, -0.15) is 0 Å². The molecular formula is C26H21Cl2IN2O4. The Labute approximate surface area is 226 Å². The quantitative estimate of drug-likeness (QED) is 0.173. The predicted molar refractivity (Wildman–Crippen MR) is 145 cm³/mol. The van der Waals surface area contributed by atoms with E-state index in [2.05, 4.69) is 27.9 Å². The Bertz CT molecular complexity index is 1300. The number of urea groups is 1. The minimum Gasteiger partial charge on any atom is -0.490 e. The zero-order valence-electron chi connectivity index (χ0n) is 18.7. The van der Waals surface area contributed by atoms with Crippen molar-refractivity contribution >= 4 is 63.8 Å². The zero-order valence-corrected chi connectivity index (χ0v) is 22.4. The van der Waals surface area contributed by atoms with Gasteiger partial charge in [0.05, 0.1) is 26.8 Å². The summed E-state index contributed by atoms with van der Waals surface area (Å²) in [5, 5.41) is 3.60. The second-order valence-corrected chi connectivity index (χ2v) is 9.64. The molecular weight excluding hydrogens is 602 g/mol. The number of rotatable bonds is 8. The summed E-state index contributed by atoms with van der Waals surface area (Å²) in [5.41, 5.74) is 2.63. The van der Waals surface area contributed by atoms with Gasteiger partial charge in [0.1, 0.15) is 12.3 Å².